The Kier molecular flexibility index (Phi) is 10.3. The topological polar surface area (TPSA) is 141 Å². The normalized spacial score (nSPS) is 18.3. The van der Waals surface area contributed by atoms with E-state index in [1.54, 1.807) is 43.5 Å². The summed E-state index contributed by atoms with van der Waals surface area (Å²) >= 11 is 0. The molecule has 0 bridgehead atoms. The molecule has 2 aliphatic rings. The monoisotopic (exact) mass is 608 g/mol. The molecule has 3 aromatic carbocycles. The van der Waals surface area contributed by atoms with Gasteiger partial charge in [-0.2, -0.15) is 5.26 Å². The fourth-order valence-electron chi connectivity index (χ4n) is 5.91. The highest BCUT2D eigenvalue weighted by molar-refractivity contribution is 6.07. The Bertz CT molecular complexity index is 1540. The second kappa shape index (κ2) is 14.7. The maximum Gasteiger partial charge on any atom is 0.255 e. The lowest BCUT2D eigenvalue weighted by molar-refractivity contribution is -0.130. The molecule has 4 N–H and O–H groups in total. The maximum absolute atomic E-state index is 13.3. The molecule has 10 nitrogen and oxygen atoms in total. The van der Waals surface area contributed by atoms with Crippen LogP contribution in [0.2, 0.25) is 0 Å². The number of anilines is 2. The number of amides is 3. The minimum absolute atomic E-state index is 0.0621. The van der Waals surface area contributed by atoms with Crippen LogP contribution in [0.5, 0.6) is 5.75 Å². The molecule has 2 fully saturated rings. The zero-order valence-electron chi connectivity index (χ0n) is 25.6. The summed E-state index contributed by atoms with van der Waals surface area (Å²) < 4.78 is 5.22. The summed E-state index contributed by atoms with van der Waals surface area (Å²) in [7, 11) is 1.61. The van der Waals surface area contributed by atoms with Gasteiger partial charge >= 0.3 is 0 Å². The highest BCUT2D eigenvalue weighted by atomic mass is 16.5. The van der Waals surface area contributed by atoms with Crippen LogP contribution in [-0.2, 0) is 11.2 Å². The zero-order valence-corrected chi connectivity index (χ0v) is 25.6. The van der Waals surface area contributed by atoms with E-state index < -0.39 is 0 Å². The van der Waals surface area contributed by atoms with E-state index in [1.165, 1.54) is 0 Å². The van der Waals surface area contributed by atoms with Crippen LogP contribution in [0.25, 0.3) is 0 Å². The number of ether oxygens (including phenoxy) is 1. The second-order valence-electron chi connectivity index (χ2n) is 11.7. The van der Waals surface area contributed by atoms with Gasteiger partial charge in [0.05, 0.1) is 36.5 Å². The van der Waals surface area contributed by atoms with Gasteiger partial charge in [-0.15, -0.1) is 0 Å². The van der Waals surface area contributed by atoms with Crippen molar-refractivity contribution in [3.8, 4) is 11.8 Å². The molecule has 1 heterocycles. The molecule has 1 saturated heterocycles. The van der Waals surface area contributed by atoms with Crippen molar-refractivity contribution in [2.45, 2.75) is 50.6 Å². The van der Waals surface area contributed by atoms with Gasteiger partial charge < -0.3 is 30.9 Å². The predicted molar refractivity (Wildman–Crippen MR) is 173 cm³/mol. The predicted octanol–water partition coefficient (Wildman–Crippen LogP) is 4.10. The average molecular weight is 609 g/mol. The third-order valence-electron chi connectivity index (χ3n) is 8.59. The molecule has 3 amide bonds. The molecule has 3 aromatic rings. The molecule has 1 saturated carbocycles. The Labute approximate surface area is 264 Å². The fourth-order valence-corrected chi connectivity index (χ4v) is 5.91. The maximum atomic E-state index is 13.3. The molecule has 0 aromatic heterocycles. The van der Waals surface area contributed by atoms with Crippen molar-refractivity contribution in [3.05, 3.63) is 89.0 Å². The first kappa shape index (κ1) is 31.5. The second-order valence-corrected chi connectivity index (χ2v) is 11.7. The lowest BCUT2D eigenvalue weighted by atomic mass is 9.91. The summed E-state index contributed by atoms with van der Waals surface area (Å²) in [5, 5.41) is 15.3. The first-order valence-corrected chi connectivity index (χ1v) is 15.5. The van der Waals surface area contributed by atoms with Gasteiger partial charge in [0, 0.05) is 49.4 Å². The Morgan fingerprint density at radius 2 is 1.60 bits per heavy atom. The molecule has 234 valence electrons. The molecule has 5 rings (SSSR count). The van der Waals surface area contributed by atoms with Crippen molar-refractivity contribution in [2.24, 2.45) is 5.73 Å². The number of nitrogens with two attached hydrogens (primary N) is 1. The lowest BCUT2D eigenvalue weighted by Crippen LogP contribution is -2.40. The van der Waals surface area contributed by atoms with Crippen molar-refractivity contribution < 1.29 is 19.1 Å². The van der Waals surface area contributed by atoms with Crippen molar-refractivity contribution >= 4 is 29.1 Å². The minimum atomic E-state index is -0.342. The van der Waals surface area contributed by atoms with Crippen molar-refractivity contribution in [1.82, 2.24) is 10.2 Å². The van der Waals surface area contributed by atoms with E-state index in [-0.39, 0.29) is 29.8 Å². The van der Waals surface area contributed by atoms with E-state index in [9.17, 15) is 14.4 Å². The highest BCUT2D eigenvalue weighted by Gasteiger charge is 2.24. The van der Waals surface area contributed by atoms with Crippen LogP contribution in [0.4, 0.5) is 11.4 Å². The van der Waals surface area contributed by atoms with Crippen LogP contribution in [0.15, 0.2) is 66.7 Å². The standard InChI is InChI=1S/C35H40N6O4/c1-45-30-14-5-24(6-15-30)21-33(42)41-18-2-17-40(19-20-41)32-16-9-27(35(44)38-29-12-10-28(37)11-13-29)22-31(32)39-34(43)26-7-3-25(23-36)4-8-26/h3-9,14-16,22,28-29H,2,10-13,17-21,37H2,1H3,(H,38,44)(H,39,43). The smallest absolute Gasteiger partial charge is 0.255 e. The van der Waals surface area contributed by atoms with Gasteiger partial charge in [0.25, 0.3) is 11.8 Å². The molecule has 45 heavy (non-hydrogen) atoms. The molecular formula is C35H40N6O4. The summed E-state index contributed by atoms with van der Waals surface area (Å²) in [4.78, 5) is 43.8. The number of carbonyl (C=O) groups is 3. The number of nitrogens with one attached hydrogen (secondary N) is 2. The van der Waals surface area contributed by atoms with Gasteiger partial charge in [-0.3, -0.25) is 14.4 Å². The molecule has 1 aliphatic heterocycles. The SMILES string of the molecule is COc1ccc(CC(=O)N2CCCN(c3ccc(C(=O)NC4CCC(N)CC4)cc3NC(=O)c3ccc(C#N)cc3)CC2)cc1. The zero-order chi connectivity index (χ0) is 31.8. The third kappa shape index (κ3) is 8.19. The van der Waals surface area contributed by atoms with E-state index in [2.05, 4.69) is 21.6 Å². The Morgan fingerprint density at radius 1 is 0.889 bits per heavy atom. The van der Waals surface area contributed by atoms with E-state index >= 15 is 0 Å². The number of hydrogen-bond donors (Lipinski definition) is 3. The van der Waals surface area contributed by atoms with Crippen molar-refractivity contribution in [3.63, 3.8) is 0 Å². The van der Waals surface area contributed by atoms with Crippen LogP contribution in [0.3, 0.4) is 0 Å². The summed E-state index contributed by atoms with van der Waals surface area (Å²) in [6, 6.07) is 21.6. The molecule has 0 unspecified atom stereocenters. The molecule has 1 aliphatic carbocycles. The molecular weight excluding hydrogens is 568 g/mol. The number of carbonyl (C=O) groups excluding carboxylic acids is 3. The highest BCUT2D eigenvalue weighted by Crippen LogP contribution is 2.30. The summed E-state index contributed by atoms with van der Waals surface area (Å²) in [5.74, 6) is 0.278. The first-order valence-electron chi connectivity index (χ1n) is 15.5. The van der Waals surface area contributed by atoms with Gasteiger partial charge in [0.1, 0.15) is 5.75 Å². The Balaban J connectivity index is 1.32. The number of methoxy groups -OCH3 is 1. The number of nitrogens with zero attached hydrogens (tertiary/aromatic N) is 3. The Morgan fingerprint density at radius 3 is 2.29 bits per heavy atom. The van der Waals surface area contributed by atoms with E-state index in [0.29, 0.717) is 55.0 Å². The van der Waals surface area contributed by atoms with Gasteiger partial charge in [-0.1, -0.05) is 12.1 Å². The van der Waals surface area contributed by atoms with Crippen LogP contribution in [-0.4, -0.2) is 68.0 Å². The third-order valence-corrected chi connectivity index (χ3v) is 8.59. The van der Waals surface area contributed by atoms with E-state index in [0.717, 1.165) is 49.1 Å². The van der Waals surface area contributed by atoms with Gasteiger partial charge in [0.2, 0.25) is 5.91 Å². The number of nitriles is 1. The molecule has 0 radical (unpaired) electrons. The minimum Gasteiger partial charge on any atom is -0.497 e. The van der Waals surface area contributed by atoms with Gasteiger partial charge in [-0.25, -0.2) is 0 Å². The lowest BCUT2D eigenvalue weighted by Gasteiger charge is -2.28. The largest absolute Gasteiger partial charge is 0.497 e. The summed E-state index contributed by atoms with van der Waals surface area (Å²) in [5.41, 5.74) is 9.58. The molecule has 10 heteroatoms. The number of hydrogen-bond acceptors (Lipinski definition) is 7. The van der Waals surface area contributed by atoms with Crippen LogP contribution in [0, 0.1) is 11.3 Å². The van der Waals surface area contributed by atoms with Crippen molar-refractivity contribution in [2.75, 3.05) is 43.5 Å². The summed E-state index contributed by atoms with van der Waals surface area (Å²) in [6.07, 6.45) is 4.51. The molecule has 0 atom stereocenters. The number of benzene rings is 3. The Hall–Kier alpha value is -4.88. The van der Waals surface area contributed by atoms with Crippen LogP contribution < -0.4 is 26.0 Å². The quantitative estimate of drug-likeness (QED) is 0.350. The fraction of sp³-hybridized carbons (Fsp3) is 0.371. The average Bonchev–Trinajstić information content (AvgIpc) is 3.32. The van der Waals surface area contributed by atoms with Gasteiger partial charge in [-0.05, 0) is 92.3 Å². The van der Waals surface area contributed by atoms with E-state index in [4.69, 9.17) is 15.7 Å². The number of rotatable bonds is 8. The first-order chi connectivity index (χ1) is 21.8. The summed E-state index contributed by atoms with van der Waals surface area (Å²) in [6.45, 7) is 2.41. The van der Waals surface area contributed by atoms with Crippen LogP contribution >= 0.6 is 0 Å². The van der Waals surface area contributed by atoms with Crippen molar-refractivity contribution in [1.29, 1.82) is 5.26 Å². The molecule has 0 spiro atoms. The van der Waals surface area contributed by atoms with Crippen LogP contribution in [0.1, 0.15) is 63.9 Å². The van der Waals surface area contributed by atoms with E-state index in [1.807, 2.05) is 35.2 Å². The van der Waals surface area contributed by atoms with Gasteiger partial charge in [0.15, 0.2) is 0 Å².